The summed E-state index contributed by atoms with van der Waals surface area (Å²) in [4.78, 5) is 15.6. The summed E-state index contributed by atoms with van der Waals surface area (Å²) in [6, 6.07) is 13.6. The maximum Gasteiger partial charge on any atom is 0.257 e. The summed E-state index contributed by atoms with van der Waals surface area (Å²) in [6.45, 7) is 3.86. The van der Waals surface area contributed by atoms with Gasteiger partial charge in [-0.15, -0.1) is 21.5 Å². The molecule has 1 amide bonds. The number of hydrogen-bond donors (Lipinski definition) is 1. The highest BCUT2D eigenvalue weighted by Crippen LogP contribution is 2.28. The predicted octanol–water partition coefficient (Wildman–Crippen LogP) is 3.75. The third-order valence-electron chi connectivity index (χ3n) is 4.98. The van der Waals surface area contributed by atoms with Gasteiger partial charge in [0, 0.05) is 24.7 Å². The maximum atomic E-state index is 12.3. The zero-order valence-corrected chi connectivity index (χ0v) is 16.0. The average molecular weight is 382 g/mol. The van der Waals surface area contributed by atoms with Gasteiger partial charge >= 0.3 is 0 Å². The SMILES string of the molecule is C[C@H](c1nnc(-c2cccs2)o1)N1CCC(NC(=O)c2ccccc2)CC1. The summed E-state index contributed by atoms with van der Waals surface area (Å²) in [5.41, 5.74) is 0.709. The van der Waals surface area contributed by atoms with Crippen LogP contribution < -0.4 is 5.32 Å². The quantitative estimate of drug-likeness (QED) is 0.728. The van der Waals surface area contributed by atoms with Gasteiger partial charge < -0.3 is 9.73 Å². The molecular formula is C20H22N4O2S. The number of piperidine rings is 1. The number of carbonyl (C=O) groups is 1. The van der Waals surface area contributed by atoms with Gasteiger partial charge in [0.1, 0.15) is 0 Å². The van der Waals surface area contributed by atoms with E-state index in [1.165, 1.54) is 0 Å². The number of nitrogens with one attached hydrogen (secondary N) is 1. The lowest BCUT2D eigenvalue weighted by molar-refractivity contribution is 0.0885. The van der Waals surface area contributed by atoms with E-state index in [1.54, 1.807) is 11.3 Å². The lowest BCUT2D eigenvalue weighted by Gasteiger charge is -2.34. The van der Waals surface area contributed by atoms with Crippen molar-refractivity contribution in [1.29, 1.82) is 0 Å². The van der Waals surface area contributed by atoms with Crippen molar-refractivity contribution >= 4 is 17.2 Å². The number of benzene rings is 1. The molecular weight excluding hydrogens is 360 g/mol. The molecule has 0 radical (unpaired) electrons. The molecule has 1 aliphatic heterocycles. The zero-order valence-electron chi connectivity index (χ0n) is 15.2. The minimum absolute atomic E-state index is 0.000380. The fraction of sp³-hybridized carbons (Fsp3) is 0.350. The van der Waals surface area contributed by atoms with Crippen LogP contribution in [-0.2, 0) is 0 Å². The average Bonchev–Trinajstić information content (AvgIpc) is 3.40. The number of likely N-dealkylation sites (tertiary alicyclic amines) is 1. The second-order valence-electron chi connectivity index (χ2n) is 6.75. The Bertz CT molecular complexity index is 871. The molecule has 27 heavy (non-hydrogen) atoms. The number of amides is 1. The molecule has 1 atom stereocenters. The van der Waals surface area contributed by atoms with Gasteiger partial charge in [0.15, 0.2) is 0 Å². The first-order chi connectivity index (χ1) is 13.2. The van der Waals surface area contributed by atoms with E-state index in [9.17, 15) is 4.79 Å². The first-order valence-corrected chi connectivity index (χ1v) is 10.1. The van der Waals surface area contributed by atoms with Crippen molar-refractivity contribution < 1.29 is 9.21 Å². The van der Waals surface area contributed by atoms with E-state index in [4.69, 9.17) is 4.42 Å². The third-order valence-corrected chi connectivity index (χ3v) is 5.84. The first-order valence-electron chi connectivity index (χ1n) is 9.18. The molecule has 0 saturated carbocycles. The molecule has 1 saturated heterocycles. The number of hydrogen-bond acceptors (Lipinski definition) is 6. The van der Waals surface area contributed by atoms with Crippen molar-refractivity contribution in [2.24, 2.45) is 0 Å². The molecule has 3 heterocycles. The number of rotatable bonds is 5. The van der Waals surface area contributed by atoms with E-state index >= 15 is 0 Å². The van der Waals surface area contributed by atoms with Crippen LogP contribution in [0.3, 0.4) is 0 Å². The number of carbonyl (C=O) groups excluding carboxylic acids is 1. The molecule has 4 rings (SSSR count). The minimum Gasteiger partial charge on any atom is -0.418 e. The van der Waals surface area contributed by atoms with Crippen LogP contribution in [0.1, 0.15) is 42.1 Å². The number of thiophene rings is 1. The van der Waals surface area contributed by atoms with Gasteiger partial charge in [-0.3, -0.25) is 9.69 Å². The highest BCUT2D eigenvalue weighted by Gasteiger charge is 2.27. The summed E-state index contributed by atoms with van der Waals surface area (Å²) in [7, 11) is 0. The minimum atomic E-state index is -0.000380. The summed E-state index contributed by atoms with van der Waals surface area (Å²) in [6.07, 6.45) is 1.82. The van der Waals surface area contributed by atoms with Crippen molar-refractivity contribution in [2.45, 2.75) is 31.8 Å². The molecule has 0 spiro atoms. The lowest BCUT2D eigenvalue weighted by atomic mass is 10.0. The van der Waals surface area contributed by atoms with Crippen molar-refractivity contribution in [3.05, 3.63) is 59.3 Å². The van der Waals surface area contributed by atoms with E-state index < -0.39 is 0 Å². The lowest BCUT2D eigenvalue weighted by Crippen LogP contribution is -2.45. The fourth-order valence-corrected chi connectivity index (χ4v) is 3.99. The summed E-state index contributed by atoms with van der Waals surface area (Å²) < 4.78 is 5.87. The van der Waals surface area contributed by atoms with Gasteiger partial charge in [-0.1, -0.05) is 24.3 Å². The van der Waals surface area contributed by atoms with E-state index in [1.807, 2.05) is 47.8 Å². The zero-order chi connectivity index (χ0) is 18.6. The van der Waals surface area contributed by atoms with E-state index in [0.29, 0.717) is 17.3 Å². The Morgan fingerprint density at radius 3 is 2.67 bits per heavy atom. The fourth-order valence-electron chi connectivity index (χ4n) is 3.35. The van der Waals surface area contributed by atoms with Gasteiger partial charge in [0.25, 0.3) is 11.8 Å². The third kappa shape index (κ3) is 4.09. The van der Waals surface area contributed by atoms with Gasteiger partial charge in [-0.05, 0) is 43.3 Å². The Balaban J connectivity index is 1.32. The van der Waals surface area contributed by atoms with Crippen LogP contribution in [0.25, 0.3) is 10.8 Å². The second kappa shape index (κ2) is 8.02. The maximum absolute atomic E-state index is 12.3. The van der Waals surface area contributed by atoms with E-state index in [2.05, 4.69) is 27.3 Å². The highest BCUT2D eigenvalue weighted by molar-refractivity contribution is 7.13. The molecule has 3 aromatic rings. The molecule has 2 aromatic heterocycles. The smallest absolute Gasteiger partial charge is 0.257 e. The molecule has 1 aliphatic rings. The van der Waals surface area contributed by atoms with Gasteiger partial charge in [0.2, 0.25) is 5.89 Å². The molecule has 6 nitrogen and oxygen atoms in total. The van der Waals surface area contributed by atoms with Gasteiger partial charge in [-0.25, -0.2) is 0 Å². The Morgan fingerprint density at radius 2 is 1.96 bits per heavy atom. The van der Waals surface area contributed by atoms with Crippen LogP contribution in [0.15, 0.2) is 52.3 Å². The molecule has 1 N–H and O–H groups in total. The molecule has 140 valence electrons. The Morgan fingerprint density at radius 1 is 1.19 bits per heavy atom. The summed E-state index contributed by atoms with van der Waals surface area (Å²) >= 11 is 1.59. The largest absolute Gasteiger partial charge is 0.418 e. The van der Waals surface area contributed by atoms with Gasteiger partial charge in [-0.2, -0.15) is 0 Å². The molecule has 0 aliphatic carbocycles. The van der Waals surface area contributed by atoms with Crippen molar-refractivity contribution in [3.8, 4) is 10.8 Å². The number of aromatic nitrogens is 2. The summed E-state index contributed by atoms with van der Waals surface area (Å²) in [5, 5.41) is 13.5. The number of nitrogens with zero attached hydrogens (tertiary/aromatic N) is 3. The standard InChI is InChI=1S/C20H22N4O2S/c1-14(19-22-23-20(26-19)17-8-5-13-27-17)24-11-9-16(10-12-24)21-18(25)15-6-3-2-4-7-15/h2-8,13-14,16H,9-12H2,1H3,(H,21,25)/t14-/m1/s1. The highest BCUT2D eigenvalue weighted by atomic mass is 32.1. The van der Waals surface area contributed by atoms with Crippen LogP contribution in [0.5, 0.6) is 0 Å². The first kappa shape index (κ1) is 17.9. The molecule has 1 aromatic carbocycles. The van der Waals surface area contributed by atoms with Crippen LogP contribution in [0, 0.1) is 0 Å². The predicted molar refractivity (Wildman–Crippen MR) is 105 cm³/mol. The topological polar surface area (TPSA) is 71.3 Å². The van der Waals surface area contributed by atoms with Crippen LogP contribution >= 0.6 is 11.3 Å². The normalized spacial score (nSPS) is 16.9. The van der Waals surface area contributed by atoms with Crippen LogP contribution in [-0.4, -0.2) is 40.1 Å². The Labute approximate surface area is 162 Å². The van der Waals surface area contributed by atoms with Crippen LogP contribution in [0.2, 0.25) is 0 Å². The van der Waals surface area contributed by atoms with Crippen molar-refractivity contribution in [1.82, 2.24) is 20.4 Å². The van der Waals surface area contributed by atoms with E-state index in [0.717, 1.165) is 30.8 Å². The molecule has 0 bridgehead atoms. The van der Waals surface area contributed by atoms with Crippen molar-refractivity contribution in [3.63, 3.8) is 0 Å². The Hall–Kier alpha value is -2.51. The van der Waals surface area contributed by atoms with Gasteiger partial charge in [0.05, 0.1) is 10.9 Å². The molecule has 1 fully saturated rings. The van der Waals surface area contributed by atoms with Crippen molar-refractivity contribution in [2.75, 3.05) is 13.1 Å². The summed E-state index contributed by atoms with van der Waals surface area (Å²) in [5.74, 6) is 1.22. The van der Waals surface area contributed by atoms with E-state index in [-0.39, 0.29) is 18.0 Å². The Kier molecular flexibility index (Phi) is 5.31. The second-order valence-corrected chi connectivity index (χ2v) is 7.70. The monoisotopic (exact) mass is 382 g/mol. The molecule has 7 heteroatoms. The molecule has 0 unspecified atom stereocenters. The van der Waals surface area contributed by atoms with Crippen LogP contribution in [0.4, 0.5) is 0 Å².